The highest BCUT2D eigenvalue weighted by molar-refractivity contribution is 7.89. The number of pyridine rings is 1. The Kier molecular flexibility index (Phi) is 4.17. The number of nitrogens with one attached hydrogen (secondary N) is 1. The van der Waals surface area contributed by atoms with E-state index in [1.54, 1.807) is 6.20 Å². The van der Waals surface area contributed by atoms with E-state index in [-0.39, 0.29) is 17.3 Å². The molecule has 1 heterocycles. The lowest BCUT2D eigenvalue weighted by Crippen LogP contribution is -2.23. The Hall–Kier alpha value is -1.77. The molecule has 0 amide bonds. The Morgan fingerprint density at radius 1 is 1.35 bits per heavy atom. The molecule has 0 atom stereocenters. The number of hydrogen-bond donors (Lipinski definition) is 3. The van der Waals surface area contributed by atoms with E-state index in [1.165, 1.54) is 0 Å². The van der Waals surface area contributed by atoms with Crippen molar-refractivity contribution >= 4 is 43.8 Å². The van der Waals surface area contributed by atoms with E-state index >= 15 is 0 Å². The van der Waals surface area contributed by atoms with Crippen molar-refractivity contribution in [3.05, 3.63) is 36.0 Å². The summed E-state index contributed by atoms with van der Waals surface area (Å²) >= 11 is 4.99. The molecule has 106 valence electrons. The molecule has 5 N–H and O–H groups in total. The van der Waals surface area contributed by atoms with Gasteiger partial charge in [0.1, 0.15) is 4.99 Å². The summed E-state index contributed by atoms with van der Waals surface area (Å²) < 4.78 is 22.0. The summed E-state index contributed by atoms with van der Waals surface area (Å²) in [5.41, 5.74) is 7.69. The topological polar surface area (TPSA) is 111 Å². The number of thiocarbonyl (C=S) groups is 1. The van der Waals surface area contributed by atoms with Crippen LogP contribution >= 0.6 is 12.2 Å². The van der Waals surface area contributed by atoms with Crippen molar-refractivity contribution in [1.82, 2.24) is 4.98 Å². The van der Waals surface area contributed by atoms with Crippen molar-refractivity contribution in [3.63, 3.8) is 0 Å². The molecule has 0 saturated heterocycles. The minimum Gasteiger partial charge on any atom is -0.389 e. The fourth-order valence-electron chi connectivity index (χ4n) is 1.84. The molecule has 0 aliphatic carbocycles. The average Bonchev–Trinajstić information content (AvgIpc) is 2.37. The van der Waals surface area contributed by atoms with Gasteiger partial charge in [-0.3, -0.25) is 4.98 Å². The minimum absolute atomic E-state index is 0.169. The number of sulfonamides is 1. The van der Waals surface area contributed by atoms with Crippen LogP contribution in [0.3, 0.4) is 0 Å². The van der Waals surface area contributed by atoms with Gasteiger partial charge in [-0.1, -0.05) is 30.4 Å². The van der Waals surface area contributed by atoms with Gasteiger partial charge in [-0.2, -0.15) is 0 Å². The molecule has 0 aliphatic rings. The quantitative estimate of drug-likeness (QED) is 0.696. The van der Waals surface area contributed by atoms with E-state index in [0.29, 0.717) is 11.3 Å². The first-order valence-corrected chi connectivity index (χ1v) is 7.93. The second-order valence-corrected chi connectivity index (χ2v) is 6.40. The van der Waals surface area contributed by atoms with Crippen LogP contribution in [0.25, 0.3) is 10.9 Å². The summed E-state index contributed by atoms with van der Waals surface area (Å²) in [5.74, 6) is -0.180. The number of para-hydroxylation sites is 1. The zero-order valence-electron chi connectivity index (χ0n) is 10.5. The van der Waals surface area contributed by atoms with Crippen LogP contribution in [0.5, 0.6) is 0 Å². The molecule has 2 rings (SSSR count). The summed E-state index contributed by atoms with van der Waals surface area (Å²) in [4.78, 5) is 4.47. The zero-order chi connectivity index (χ0) is 14.8. The van der Waals surface area contributed by atoms with Crippen LogP contribution in [0, 0.1) is 0 Å². The van der Waals surface area contributed by atoms with Crippen molar-refractivity contribution in [2.45, 2.75) is 0 Å². The van der Waals surface area contributed by atoms with E-state index in [1.807, 2.05) is 24.3 Å². The monoisotopic (exact) mass is 310 g/mol. The van der Waals surface area contributed by atoms with E-state index in [0.717, 1.165) is 10.9 Å². The normalized spacial score (nSPS) is 11.4. The number of rotatable bonds is 5. The maximum Gasteiger partial charge on any atom is 0.210 e. The van der Waals surface area contributed by atoms with Crippen LogP contribution in [0.1, 0.15) is 5.56 Å². The third kappa shape index (κ3) is 3.41. The van der Waals surface area contributed by atoms with Crippen LogP contribution < -0.4 is 16.2 Å². The van der Waals surface area contributed by atoms with Crippen molar-refractivity contribution < 1.29 is 8.42 Å². The summed E-state index contributed by atoms with van der Waals surface area (Å²) in [7, 11) is -3.52. The zero-order valence-corrected chi connectivity index (χ0v) is 12.2. The molecule has 0 aliphatic heterocycles. The molecule has 2 aromatic rings. The lowest BCUT2D eigenvalue weighted by Gasteiger charge is -2.13. The van der Waals surface area contributed by atoms with Crippen LogP contribution in [-0.2, 0) is 10.0 Å². The second-order valence-electron chi connectivity index (χ2n) is 4.22. The summed E-state index contributed by atoms with van der Waals surface area (Å²) in [6, 6.07) is 7.44. The van der Waals surface area contributed by atoms with Gasteiger partial charge in [0.05, 0.1) is 22.5 Å². The Balaban J connectivity index is 2.42. The molecule has 0 spiro atoms. The minimum atomic E-state index is -3.52. The van der Waals surface area contributed by atoms with Crippen molar-refractivity contribution in [2.24, 2.45) is 10.9 Å². The largest absolute Gasteiger partial charge is 0.389 e. The standard InChI is InChI=1S/C12H14N4O2S2/c13-12(19)9-7-16-10-4-2-1-3-8(10)11(9)15-5-6-20(14,17)18/h1-4,7H,5-6H2,(H2,13,19)(H,15,16)(H2,14,17,18). The SMILES string of the molecule is NC(=S)c1cnc2ccccc2c1NCCS(N)(=O)=O. The van der Waals surface area contributed by atoms with Crippen LogP contribution in [-0.4, -0.2) is 30.7 Å². The molecule has 0 fully saturated rings. The number of benzene rings is 1. The van der Waals surface area contributed by atoms with Crippen LogP contribution in [0.2, 0.25) is 0 Å². The molecule has 8 heteroatoms. The van der Waals surface area contributed by atoms with Gasteiger partial charge >= 0.3 is 0 Å². The van der Waals surface area contributed by atoms with Crippen LogP contribution in [0.4, 0.5) is 5.69 Å². The van der Waals surface area contributed by atoms with Crippen molar-refractivity contribution in [3.8, 4) is 0 Å². The van der Waals surface area contributed by atoms with Gasteiger partial charge in [0, 0.05) is 18.1 Å². The number of primary sulfonamides is 1. The van der Waals surface area contributed by atoms with Crippen molar-refractivity contribution in [1.29, 1.82) is 0 Å². The molecule has 20 heavy (non-hydrogen) atoms. The Morgan fingerprint density at radius 2 is 2.05 bits per heavy atom. The molecular formula is C12H14N4O2S2. The Bertz CT molecular complexity index is 759. The maximum atomic E-state index is 11.0. The Morgan fingerprint density at radius 3 is 2.70 bits per heavy atom. The fourth-order valence-corrected chi connectivity index (χ4v) is 2.38. The lowest BCUT2D eigenvalue weighted by molar-refractivity contribution is 0.598. The molecule has 0 bridgehead atoms. The Labute approximate surface area is 122 Å². The number of aromatic nitrogens is 1. The first-order valence-electron chi connectivity index (χ1n) is 5.80. The number of fused-ring (bicyclic) bond motifs is 1. The number of nitrogens with two attached hydrogens (primary N) is 2. The smallest absolute Gasteiger partial charge is 0.210 e. The fraction of sp³-hybridized carbons (Fsp3) is 0.167. The van der Waals surface area contributed by atoms with E-state index in [4.69, 9.17) is 23.1 Å². The number of anilines is 1. The maximum absolute atomic E-state index is 11.0. The molecule has 1 aromatic carbocycles. The van der Waals surface area contributed by atoms with Gasteiger partial charge in [0.2, 0.25) is 10.0 Å². The van der Waals surface area contributed by atoms with Gasteiger partial charge in [-0.25, -0.2) is 13.6 Å². The van der Waals surface area contributed by atoms with E-state index in [2.05, 4.69) is 10.3 Å². The molecule has 0 radical (unpaired) electrons. The molecular weight excluding hydrogens is 296 g/mol. The number of nitrogens with zero attached hydrogens (tertiary/aromatic N) is 1. The number of hydrogen-bond acceptors (Lipinski definition) is 5. The van der Waals surface area contributed by atoms with Gasteiger partial charge < -0.3 is 11.1 Å². The predicted molar refractivity (Wildman–Crippen MR) is 84.1 cm³/mol. The summed E-state index contributed by atoms with van der Waals surface area (Å²) in [5, 5.41) is 8.83. The highest BCUT2D eigenvalue weighted by atomic mass is 32.2. The lowest BCUT2D eigenvalue weighted by atomic mass is 10.1. The molecule has 1 aromatic heterocycles. The van der Waals surface area contributed by atoms with Gasteiger partial charge in [-0.15, -0.1) is 0 Å². The first kappa shape index (κ1) is 14.6. The molecule has 0 saturated carbocycles. The first-order chi connectivity index (χ1) is 9.38. The van der Waals surface area contributed by atoms with E-state index in [9.17, 15) is 8.42 Å². The van der Waals surface area contributed by atoms with E-state index < -0.39 is 10.0 Å². The second kappa shape index (κ2) is 5.70. The third-order valence-corrected chi connectivity index (χ3v) is 3.72. The van der Waals surface area contributed by atoms with Gasteiger partial charge in [-0.05, 0) is 6.07 Å². The molecule has 0 unspecified atom stereocenters. The van der Waals surface area contributed by atoms with Gasteiger partial charge in [0.25, 0.3) is 0 Å². The predicted octanol–water partition coefficient (Wildman–Crippen LogP) is 0.569. The average molecular weight is 310 g/mol. The molecule has 6 nitrogen and oxygen atoms in total. The highest BCUT2D eigenvalue weighted by Gasteiger charge is 2.11. The van der Waals surface area contributed by atoms with Crippen molar-refractivity contribution in [2.75, 3.05) is 17.6 Å². The highest BCUT2D eigenvalue weighted by Crippen LogP contribution is 2.25. The van der Waals surface area contributed by atoms with Gasteiger partial charge in [0.15, 0.2) is 0 Å². The summed E-state index contributed by atoms with van der Waals surface area (Å²) in [6.45, 7) is 0.169. The summed E-state index contributed by atoms with van der Waals surface area (Å²) in [6.07, 6.45) is 1.57. The van der Waals surface area contributed by atoms with Crippen LogP contribution in [0.15, 0.2) is 30.5 Å². The third-order valence-electron chi connectivity index (χ3n) is 2.73.